The molecule has 106 valence electrons. The Kier molecular flexibility index (Phi) is 4.29. The van der Waals surface area contributed by atoms with E-state index in [1.807, 2.05) is 13.8 Å². The predicted octanol–water partition coefficient (Wildman–Crippen LogP) is 1.38. The zero-order valence-electron chi connectivity index (χ0n) is 11.2. The molecule has 1 heterocycles. The molecule has 0 atom stereocenters. The summed E-state index contributed by atoms with van der Waals surface area (Å²) in [4.78, 5) is 25.1. The van der Waals surface area contributed by atoms with Crippen LogP contribution in [0.4, 0.5) is 0 Å². The quantitative estimate of drug-likeness (QED) is 0.825. The molecular formula is C13H15N3O3S. The lowest BCUT2D eigenvalue weighted by Gasteiger charge is -2.19. The lowest BCUT2D eigenvalue weighted by atomic mass is 10.2. The predicted molar refractivity (Wildman–Crippen MR) is 77.4 cm³/mol. The van der Waals surface area contributed by atoms with Crippen molar-refractivity contribution in [3.8, 4) is 5.75 Å². The fraction of sp³-hybridized carbons (Fsp3) is 0.308. The van der Waals surface area contributed by atoms with Crippen molar-refractivity contribution in [3.05, 3.63) is 29.8 Å². The van der Waals surface area contributed by atoms with Crippen LogP contribution in [0.5, 0.6) is 5.75 Å². The maximum Gasteiger partial charge on any atom is 0.271 e. The van der Waals surface area contributed by atoms with Crippen LogP contribution in [-0.4, -0.2) is 38.8 Å². The topological polar surface area (TPSA) is 82.0 Å². The van der Waals surface area contributed by atoms with E-state index in [0.717, 1.165) is 0 Å². The van der Waals surface area contributed by atoms with Gasteiger partial charge in [-0.3, -0.25) is 14.5 Å². The fourth-order valence-corrected chi connectivity index (χ4v) is 2.70. The number of hydrazone groups is 1. The number of nitrogens with zero attached hydrogens (tertiary/aromatic N) is 2. The van der Waals surface area contributed by atoms with Gasteiger partial charge in [-0.15, -0.1) is 5.10 Å². The molecule has 1 aliphatic rings. The Hall–Kier alpha value is -2.02. The Morgan fingerprint density at radius 2 is 2.05 bits per heavy atom. The molecule has 0 spiro atoms. The van der Waals surface area contributed by atoms with Crippen molar-refractivity contribution in [3.63, 3.8) is 0 Å². The number of thioether (sulfide) groups is 1. The first kappa shape index (κ1) is 14.4. The van der Waals surface area contributed by atoms with Crippen molar-refractivity contribution >= 4 is 28.7 Å². The van der Waals surface area contributed by atoms with Gasteiger partial charge < -0.3 is 5.11 Å². The number of rotatable bonds is 3. The summed E-state index contributed by atoms with van der Waals surface area (Å²) in [6.45, 7) is 3.78. The van der Waals surface area contributed by atoms with Crippen LogP contribution in [0.3, 0.4) is 0 Å². The van der Waals surface area contributed by atoms with Gasteiger partial charge in [0.2, 0.25) is 5.91 Å². The van der Waals surface area contributed by atoms with Gasteiger partial charge in [0.15, 0.2) is 5.17 Å². The Morgan fingerprint density at radius 1 is 1.40 bits per heavy atom. The second kappa shape index (κ2) is 5.96. The summed E-state index contributed by atoms with van der Waals surface area (Å²) in [6, 6.07) is 5.85. The van der Waals surface area contributed by atoms with Gasteiger partial charge in [0.1, 0.15) is 5.75 Å². The van der Waals surface area contributed by atoms with Crippen molar-refractivity contribution in [2.45, 2.75) is 19.9 Å². The highest BCUT2D eigenvalue weighted by Crippen LogP contribution is 2.21. The molecule has 6 nitrogen and oxygen atoms in total. The lowest BCUT2D eigenvalue weighted by molar-refractivity contribution is -0.125. The number of hydrogen-bond donors (Lipinski definition) is 2. The molecule has 0 unspecified atom stereocenters. The molecule has 0 aromatic heterocycles. The van der Waals surface area contributed by atoms with Gasteiger partial charge >= 0.3 is 0 Å². The molecule has 2 N–H and O–H groups in total. The van der Waals surface area contributed by atoms with Crippen molar-refractivity contribution in [2.24, 2.45) is 5.10 Å². The van der Waals surface area contributed by atoms with Gasteiger partial charge in [0.25, 0.3) is 5.91 Å². The Morgan fingerprint density at radius 3 is 2.65 bits per heavy atom. The lowest BCUT2D eigenvalue weighted by Crippen LogP contribution is -2.37. The standard InChI is InChI=1S/C13H15N3O3S/c1-8(2)16-11(18)7-20-13(16)15-14-12(19)9-3-5-10(17)6-4-9/h3-6,8,17H,7H2,1-2H3,(H,14,19)/b15-13+. The maximum atomic E-state index is 11.9. The molecule has 0 bridgehead atoms. The van der Waals surface area contributed by atoms with Gasteiger partial charge in [-0.1, -0.05) is 11.8 Å². The molecule has 0 radical (unpaired) electrons. The number of carbonyl (C=O) groups excluding carboxylic acids is 2. The summed E-state index contributed by atoms with van der Waals surface area (Å²) in [6.07, 6.45) is 0. The number of phenolic OH excluding ortho intramolecular Hbond substituents is 1. The summed E-state index contributed by atoms with van der Waals surface area (Å²) < 4.78 is 0. The minimum Gasteiger partial charge on any atom is -0.508 e. The van der Waals surface area contributed by atoms with Crippen molar-refractivity contribution in [1.29, 1.82) is 0 Å². The number of benzene rings is 1. The second-order valence-corrected chi connectivity index (χ2v) is 5.47. The highest BCUT2D eigenvalue weighted by atomic mass is 32.2. The molecular weight excluding hydrogens is 278 g/mol. The first-order valence-corrected chi connectivity index (χ1v) is 7.09. The van der Waals surface area contributed by atoms with Crippen LogP contribution in [0.15, 0.2) is 29.4 Å². The van der Waals surface area contributed by atoms with Crippen molar-refractivity contribution in [1.82, 2.24) is 10.3 Å². The normalized spacial score (nSPS) is 17.1. The third kappa shape index (κ3) is 3.11. The van der Waals surface area contributed by atoms with Crippen LogP contribution in [-0.2, 0) is 4.79 Å². The molecule has 2 rings (SSSR count). The SMILES string of the molecule is CC(C)N1C(=O)CS/C1=N/NC(=O)c1ccc(O)cc1. The fourth-order valence-electron chi connectivity index (χ4n) is 1.74. The number of phenols is 1. The molecule has 7 heteroatoms. The van der Waals surface area contributed by atoms with Gasteiger partial charge in [0, 0.05) is 11.6 Å². The number of nitrogens with one attached hydrogen (secondary N) is 1. The van der Waals surface area contributed by atoms with Crippen LogP contribution in [0.2, 0.25) is 0 Å². The van der Waals surface area contributed by atoms with E-state index in [1.54, 1.807) is 4.90 Å². The van der Waals surface area contributed by atoms with Crippen molar-refractivity contribution < 1.29 is 14.7 Å². The largest absolute Gasteiger partial charge is 0.508 e. The van der Waals surface area contributed by atoms with Crippen LogP contribution in [0, 0.1) is 0 Å². The molecule has 1 fully saturated rings. The second-order valence-electron chi connectivity index (χ2n) is 4.53. The third-order valence-corrected chi connectivity index (χ3v) is 3.64. The summed E-state index contributed by atoms with van der Waals surface area (Å²) >= 11 is 1.30. The van der Waals surface area contributed by atoms with E-state index in [9.17, 15) is 9.59 Å². The molecule has 1 aliphatic heterocycles. The monoisotopic (exact) mass is 293 g/mol. The van der Waals surface area contributed by atoms with Gasteiger partial charge in [-0.25, -0.2) is 5.43 Å². The molecule has 0 saturated carbocycles. The van der Waals surface area contributed by atoms with E-state index in [1.165, 1.54) is 36.0 Å². The molecule has 1 aromatic rings. The van der Waals surface area contributed by atoms with E-state index in [4.69, 9.17) is 5.11 Å². The molecule has 2 amide bonds. The van der Waals surface area contributed by atoms with E-state index in [0.29, 0.717) is 16.5 Å². The average Bonchev–Trinajstić information content (AvgIpc) is 2.78. The summed E-state index contributed by atoms with van der Waals surface area (Å²) in [5.41, 5.74) is 2.81. The molecule has 0 aliphatic carbocycles. The molecule has 20 heavy (non-hydrogen) atoms. The van der Waals surface area contributed by atoms with Gasteiger partial charge in [-0.2, -0.15) is 0 Å². The minimum absolute atomic E-state index is 0.00169. The average molecular weight is 293 g/mol. The zero-order valence-corrected chi connectivity index (χ0v) is 12.0. The summed E-state index contributed by atoms with van der Waals surface area (Å²) in [5.74, 6) is 0.0334. The van der Waals surface area contributed by atoms with Crippen LogP contribution < -0.4 is 5.43 Å². The van der Waals surface area contributed by atoms with E-state index in [2.05, 4.69) is 10.5 Å². The summed E-state index contributed by atoms with van der Waals surface area (Å²) in [7, 11) is 0. The highest BCUT2D eigenvalue weighted by Gasteiger charge is 2.30. The third-order valence-electron chi connectivity index (χ3n) is 2.70. The first-order chi connectivity index (χ1) is 9.49. The van der Waals surface area contributed by atoms with E-state index < -0.39 is 0 Å². The summed E-state index contributed by atoms with van der Waals surface area (Å²) in [5, 5.41) is 13.7. The number of amides is 2. The van der Waals surface area contributed by atoms with Gasteiger partial charge in [0.05, 0.1) is 5.75 Å². The van der Waals surface area contributed by atoms with Crippen LogP contribution >= 0.6 is 11.8 Å². The minimum atomic E-state index is -0.388. The van der Waals surface area contributed by atoms with Crippen LogP contribution in [0.25, 0.3) is 0 Å². The maximum absolute atomic E-state index is 11.9. The number of amidine groups is 1. The number of carbonyl (C=O) groups is 2. The smallest absolute Gasteiger partial charge is 0.271 e. The van der Waals surface area contributed by atoms with Crippen LogP contribution in [0.1, 0.15) is 24.2 Å². The Bertz CT molecular complexity index is 554. The Labute approximate surface area is 120 Å². The molecule has 1 saturated heterocycles. The van der Waals surface area contributed by atoms with Gasteiger partial charge in [-0.05, 0) is 38.1 Å². The van der Waals surface area contributed by atoms with Crippen molar-refractivity contribution in [2.75, 3.05) is 5.75 Å². The Balaban J connectivity index is 2.07. The highest BCUT2D eigenvalue weighted by molar-refractivity contribution is 8.15. The number of hydrogen-bond acceptors (Lipinski definition) is 5. The van der Waals surface area contributed by atoms with E-state index >= 15 is 0 Å². The first-order valence-electron chi connectivity index (χ1n) is 6.11. The molecule has 1 aromatic carbocycles. The van der Waals surface area contributed by atoms with E-state index in [-0.39, 0.29) is 23.6 Å². The number of aromatic hydroxyl groups is 1. The zero-order chi connectivity index (χ0) is 14.7.